The topological polar surface area (TPSA) is 71.2 Å². The van der Waals surface area contributed by atoms with Crippen molar-refractivity contribution in [3.8, 4) is 0 Å². The quantitative estimate of drug-likeness (QED) is 0.631. The van der Waals surface area contributed by atoms with Gasteiger partial charge in [-0.25, -0.2) is 0 Å². The number of rotatable bonds is 3. The summed E-state index contributed by atoms with van der Waals surface area (Å²) in [6.45, 7) is 4.82. The molecule has 1 aromatic heterocycles. The average Bonchev–Trinajstić information content (AvgIpc) is 2.86. The number of amides is 1. The molecule has 0 aromatic carbocycles. The molecule has 5 nitrogen and oxygen atoms in total. The molecule has 0 radical (unpaired) electrons. The Kier molecular flexibility index (Phi) is 3.81. The maximum Gasteiger partial charge on any atom is 0.257 e. The molecule has 2 heterocycles. The smallest absolute Gasteiger partial charge is 0.257 e. The van der Waals surface area contributed by atoms with Crippen LogP contribution >= 0.6 is 0 Å². The molecule has 1 unspecified atom stereocenters. The summed E-state index contributed by atoms with van der Waals surface area (Å²) < 4.78 is 0. The lowest BCUT2D eigenvalue weighted by atomic mass is 10.1. The van der Waals surface area contributed by atoms with Crippen LogP contribution in [0.1, 0.15) is 42.2 Å². The van der Waals surface area contributed by atoms with E-state index in [1.165, 1.54) is 0 Å². The van der Waals surface area contributed by atoms with Gasteiger partial charge in [0.2, 0.25) is 0 Å². The number of likely N-dealkylation sites (tertiary alicyclic amines) is 1. The molecular formula is C13H20N4O. The van der Waals surface area contributed by atoms with Gasteiger partial charge in [0.15, 0.2) is 0 Å². The van der Waals surface area contributed by atoms with Crippen LogP contribution < -0.4 is 11.3 Å². The van der Waals surface area contributed by atoms with Gasteiger partial charge in [0.25, 0.3) is 5.91 Å². The van der Waals surface area contributed by atoms with Crippen molar-refractivity contribution in [1.82, 2.24) is 9.88 Å². The van der Waals surface area contributed by atoms with E-state index in [-0.39, 0.29) is 5.91 Å². The molecule has 1 atom stereocenters. The number of pyridine rings is 1. The lowest BCUT2D eigenvalue weighted by Crippen LogP contribution is -2.35. The van der Waals surface area contributed by atoms with Crippen LogP contribution in [0.3, 0.4) is 0 Å². The van der Waals surface area contributed by atoms with Gasteiger partial charge in [-0.05, 0) is 32.3 Å². The minimum Gasteiger partial charge on any atom is -0.336 e. The summed E-state index contributed by atoms with van der Waals surface area (Å²) in [6.07, 6.45) is 4.77. The van der Waals surface area contributed by atoms with Gasteiger partial charge in [-0.2, -0.15) is 0 Å². The number of anilines is 1. The first-order chi connectivity index (χ1) is 8.67. The molecule has 1 saturated heterocycles. The highest BCUT2D eigenvalue weighted by Crippen LogP contribution is 2.24. The maximum absolute atomic E-state index is 12.5. The molecule has 18 heavy (non-hydrogen) atoms. The SMILES string of the molecule is CCC1CCCN1C(=O)c1cnc(C)cc1NN. The third kappa shape index (κ3) is 2.31. The van der Waals surface area contributed by atoms with Crippen LogP contribution in [0, 0.1) is 6.92 Å². The monoisotopic (exact) mass is 248 g/mol. The fourth-order valence-corrected chi connectivity index (χ4v) is 2.53. The van der Waals surface area contributed by atoms with E-state index in [0.717, 1.165) is 31.5 Å². The highest BCUT2D eigenvalue weighted by Gasteiger charge is 2.29. The second kappa shape index (κ2) is 5.35. The van der Waals surface area contributed by atoms with Gasteiger partial charge in [-0.1, -0.05) is 6.92 Å². The van der Waals surface area contributed by atoms with Crippen LogP contribution in [0.25, 0.3) is 0 Å². The number of carbonyl (C=O) groups excluding carboxylic acids is 1. The summed E-state index contributed by atoms with van der Waals surface area (Å²) in [4.78, 5) is 18.6. The molecule has 0 saturated carbocycles. The third-order valence-corrected chi connectivity index (χ3v) is 3.54. The van der Waals surface area contributed by atoms with Crippen molar-refractivity contribution < 1.29 is 4.79 Å². The van der Waals surface area contributed by atoms with E-state index < -0.39 is 0 Å². The molecule has 2 rings (SSSR count). The molecule has 1 fully saturated rings. The van der Waals surface area contributed by atoms with Gasteiger partial charge in [0.1, 0.15) is 0 Å². The zero-order valence-corrected chi connectivity index (χ0v) is 10.9. The number of nitrogen functional groups attached to an aromatic ring is 1. The molecule has 0 spiro atoms. The third-order valence-electron chi connectivity index (χ3n) is 3.54. The zero-order valence-electron chi connectivity index (χ0n) is 10.9. The van der Waals surface area contributed by atoms with E-state index in [2.05, 4.69) is 17.3 Å². The molecule has 98 valence electrons. The number of hydrogen-bond acceptors (Lipinski definition) is 4. The molecule has 1 aromatic rings. The summed E-state index contributed by atoms with van der Waals surface area (Å²) in [5, 5.41) is 0. The number of nitrogens with zero attached hydrogens (tertiary/aromatic N) is 2. The molecule has 1 amide bonds. The number of hydrazine groups is 1. The summed E-state index contributed by atoms with van der Waals surface area (Å²) >= 11 is 0. The van der Waals surface area contributed by atoms with Crippen molar-refractivity contribution in [3.05, 3.63) is 23.5 Å². The minimum absolute atomic E-state index is 0.0276. The standard InChI is InChI=1S/C13H20N4O/c1-3-10-5-4-6-17(10)13(18)11-8-15-9(2)7-12(11)16-14/h7-8,10H,3-6,14H2,1-2H3,(H,15,16). The van der Waals surface area contributed by atoms with Gasteiger partial charge >= 0.3 is 0 Å². The van der Waals surface area contributed by atoms with E-state index in [4.69, 9.17) is 5.84 Å². The molecule has 5 heteroatoms. The van der Waals surface area contributed by atoms with Crippen LogP contribution in [0.15, 0.2) is 12.3 Å². The maximum atomic E-state index is 12.5. The van der Waals surface area contributed by atoms with Gasteiger partial charge < -0.3 is 10.3 Å². The Balaban J connectivity index is 2.28. The first-order valence-electron chi connectivity index (χ1n) is 6.41. The minimum atomic E-state index is 0.0276. The van der Waals surface area contributed by atoms with E-state index in [1.807, 2.05) is 11.8 Å². The van der Waals surface area contributed by atoms with Crippen LogP contribution in [-0.4, -0.2) is 28.4 Å². The molecule has 3 N–H and O–H groups in total. The van der Waals surface area contributed by atoms with Crippen molar-refractivity contribution >= 4 is 11.6 Å². The second-order valence-corrected chi connectivity index (χ2v) is 4.72. The van der Waals surface area contributed by atoms with Crippen LogP contribution in [-0.2, 0) is 0 Å². The Morgan fingerprint density at radius 1 is 1.67 bits per heavy atom. The lowest BCUT2D eigenvalue weighted by Gasteiger charge is -2.24. The Labute approximate surface area is 107 Å². The van der Waals surface area contributed by atoms with Crippen molar-refractivity contribution in [2.45, 2.75) is 39.2 Å². The number of nitrogens with two attached hydrogens (primary N) is 1. The molecule has 0 bridgehead atoms. The first kappa shape index (κ1) is 12.8. The molecule has 1 aliphatic heterocycles. The number of aryl methyl sites for hydroxylation is 1. The summed E-state index contributed by atoms with van der Waals surface area (Å²) in [5.74, 6) is 5.50. The van der Waals surface area contributed by atoms with Crippen molar-refractivity contribution in [1.29, 1.82) is 0 Å². The number of nitrogens with one attached hydrogen (secondary N) is 1. The van der Waals surface area contributed by atoms with Gasteiger partial charge in [-0.15, -0.1) is 0 Å². The van der Waals surface area contributed by atoms with Crippen LogP contribution in [0.4, 0.5) is 5.69 Å². The van der Waals surface area contributed by atoms with E-state index in [0.29, 0.717) is 17.3 Å². The first-order valence-corrected chi connectivity index (χ1v) is 6.41. The van der Waals surface area contributed by atoms with Crippen LogP contribution in [0.5, 0.6) is 0 Å². The summed E-state index contributed by atoms with van der Waals surface area (Å²) in [6, 6.07) is 2.15. The number of carbonyl (C=O) groups is 1. The largest absolute Gasteiger partial charge is 0.336 e. The molecule has 0 aliphatic carbocycles. The van der Waals surface area contributed by atoms with E-state index >= 15 is 0 Å². The summed E-state index contributed by atoms with van der Waals surface area (Å²) in [5.41, 5.74) is 4.63. The fraction of sp³-hybridized carbons (Fsp3) is 0.538. The van der Waals surface area contributed by atoms with E-state index in [1.54, 1.807) is 12.3 Å². The van der Waals surface area contributed by atoms with Gasteiger partial charge in [0.05, 0.1) is 11.3 Å². The predicted octanol–water partition coefficient (Wildman–Crippen LogP) is 1.69. The second-order valence-electron chi connectivity index (χ2n) is 4.72. The number of aromatic nitrogens is 1. The van der Waals surface area contributed by atoms with Crippen LogP contribution in [0.2, 0.25) is 0 Å². The Morgan fingerprint density at radius 3 is 3.11 bits per heavy atom. The molecule has 1 aliphatic rings. The summed E-state index contributed by atoms with van der Waals surface area (Å²) in [7, 11) is 0. The van der Waals surface area contributed by atoms with Gasteiger partial charge in [-0.3, -0.25) is 15.6 Å². The zero-order chi connectivity index (χ0) is 13.1. The molecular weight excluding hydrogens is 228 g/mol. The lowest BCUT2D eigenvalue weighted by molar-refractivity contribution is 0.0734. The van der Waals surface area contributed by atoms with E-state index in [9.17, 15) is 4.79 Å². The normalized spacial score (nSPS) is 19.1. The average molecular weight is 248 g/mol. The fourth-order valence-electron chi connectivity index (χ4n) is 2.53. The number of hydrogen-bond donors (Lipinski definition) is 2. The van der Waals surface area contributed by atoms with Crippen molar-refractivity contribution in [3.63, 3.8) is 0 Å². The Bertz CT molecular complexity index is 447. The van der Waals surface area contributed by atoms with Crippen molar-refractivity contribution in [2.24, 2.45) is 5.84 Å². The van der Waals surface area contributed by atoms with Crippen molar-refractivity contribution in [2.75, 3.05) is 12.0 Å². The Hall–Kier alpha value is -1.62. The Morgan fingerprint density at radius 2 is 2.44 bits per heavy atom. The predicted molar refractivity (Wildman–Crippen MR) is 71.1 cm³/mol. The van der Waals surface area contributed by atoms with Gasteiger partial charge in [0, 0.05) is 24.5 Å². The highest BCUT2D eigenvalue weighted by molar-refractivity contribution is 5.99. The highest BCUT2D eigenvalue weighted by atomic mass is 16.2.